The highest BCUT2D eigenvalue weighted by molar-refractivity contribution is 6.32. The van der Waals surface area contributed by atoms with Gasteiger partial charge in [0.05, 0.1) is 22.9 Å². The fourth-order valence-corrected chi connectivity index (χ4v) is 2.42. The number of carbonyl (C=O) groups excluding carboxylic acids is 1. The topological polar surface area (TPSA) is 59.6 Å². The van der Waals surface area contributed by atoms with E-state index in [1.54, 1.807) is 18.2 Å². The average molecular weight is 403 g/mol. The standard InChI is InChI=1S/C18H18ClF3N2O3/c1-26-8-9-27-16-14(19)6-3-7-15(16)24-17(25)23-11-12-4-2-5-13(10-12)18(20,21)22/h2-7,10H,8-9,11H2,1H3,(H2,23,24,25). The highest BCUT2D eigenvalue weighted by Crippen LogP contribution is 2.33. The fourth-order valence-electron chi connectivity index (χ4n) is 2.19. The van der Waals surface area contributed by atoms with Gasteiger partial charge in [0, 0.05) is 13.7 Å². The molecule has 5 nitrogen and oxygen atoms in total. The summed E-state index contributed by atoms with van der Waals surface area (Å²) in [4.78, 5) is 12.1. The first-order valence-corrected chi connectivity index (χ1v) is 8.30. The smallest absolute Gasteiger partial charge is 0.416 e. The number of amides is 2. The molecular formula is C18H18ClF3N2O3. The molecule has 0 spiro atoms. The minimum Gasteiger partial charge on any atom is -0.487 e. The molecule has 0 heterocycles. The first kappa shape index (κ1) is 20.9. The van der Waals surface area contributed by atoms with E-state index in [1.165, 1.54) is 19.2 Å². The van der Waals surface area contributed by atoms with Crippen molar-refractivity contribution in [1.82, 2.24) is 5.32 Å². The zero-order valence-corrected chi connectivity index (χ0v) is 15.2. The molecule has 2 aromatic rings. The van der Waals surface area contributed by atoms with Gasteiger partial charge in [-0.25, -0.2) is 4.79 Å². The summed E-state index contributed by atoms with van der Waals surface area (Å²) in [5.74, 6) is 0.283. The molecule has 0 saturated heterocycles. The molecule has 0 unspecified atom stereocenters. The molecule has 9 heteroatoms. The van der Waals surface area contributed by atoms with Crippen LogP contribution in [0.15, 0.2) is 42.5 Å². The number of alkyl halides is 3. The van der Waals surface area contributed by atoms with E-state index in [1.807, 2.05) is 0 Å². The van der Waals surface area contributed by atoms with Gasteiger partial charge in [-0.15, -0.1) is 0 Å². The minimum atomic E-state index is -4.44. The zero-order chi connectivity index (χ0) is 19.9. The van der Waals surface area contributed by atoms with E-state index in [0.717, 1.165) is 12.1 Å². The Bertz CT molecular complexity index is 785. The second-order valence-electron chi connectivity index (χ2n) is 5.46. The quantitative estimate of drug-likeness (QED) is 0.660. The number of para-hydroxylation sites is 1. The normalized spacial score (nSPS) is 11.1. The van der Waals surface area contributed by atoms with Crippen molar-refractivity contribution in [1.29, 1.82) is 0 Å². The molecule has 0 aliphatic heterocycles. The van der Waals surface area contributed by atoms with Crippen LogP contribution in [0.4, 0.5) is 23.7 Å². The van der Waals surface area contributed by atoms with Gasteiger partial charge in [0.15, 0.2) is 5.75 Å². The third-order valence-corrected chi connectivity index (χ3v) is 3.75. The van der Waals surface area contributed by atoms with Crippen molar-refractivity contribution in [2.45, 2.75) is 12.7 Å². The van der Waals surface area contributed by atoms with Gasteiger partial charge in [0.2, 0.25) is 0 Å². The summed E-state index contributed by atoms with van der Waals surface area (Å²) in [5.41, 5.74) is -0.117. The van der Waals surface area contributed by atoms with Crippen molar-refractivity contribution in [3.05, 3.63) is 58.6 Å². The molecule has 0 aliphatic carbocycles. The first-order valence-electron chi connectivity index (χ1n) is 7.92. The van der Waals surface area contributed by atoms with Crippen molar-refractivity contribution in [3.8, 4) is 5.75 Å². The van der Waals surface area contributed by atoms with Crippen LogP contribution in [0.2, 0.25) is 5.02 Å². The fraction of sp³-hybridized carbons (Fsp3) is 0.278. The number of methoxy groups -OCH3 is 1. The number of nitrogens with one attached hydrogen (secondary N) is 2. The van der Waals surface area contributed by atoms with Crippen molar-refractivity contribution in [2.24, 2.45) is 0 Å². The van der Waals surface area contributed by atoms with Gasteiger partial charge in [0.25, 0.3) is 0 Å². The largest absolute Gasteiger partial charge is 0.487 e. The zero-order valence-electron chi connectivity index (χ0n) is 14.4. The van der Waals surface area contributed by atoms with Crippen LogP contribution in [0.3, 0.4) is 0 Å². The van der Waals surface area contributed by atoms with Crippen molar-refractivity contribution >= 4 is 23.3 Å². The summed E-state index contributed by atoms with van der Waals surface area (Å²) in [5, 5.41) is 5.38. The summed E-state index contributed by atoms with van der Waals surface area (Å²) in [7, 11) is 1.52. The summed E-state index contributed by atoms with van der Waals surface area (Å²) in [6, 6.07) is 8.97. The molecule has 146 valence electrons. The molecule has 27 heavy (non-hydrogen) atoms. The van der Waals surface area contributed by atoms with E-state index in [4.69, 9.17) is 21.1 Å². The van der Waals surface area contributed by atoms with E-state index in [9.17, 15) is 18.0 Å². The Hall–Kier alpha value is -2.45. The maximum absolute atomic E-state index is 12.7. The Labute approximate surface area is 159 Å². The molecule has 2 rings (SSSR count). The van der Waals surface area contributed by atoms with Crippen LogP contribution in [0.5, 0.6) is 5.75 Å². The number of rotatable bonds is 7. The Morgan fingerprint density at radius 2 is 1.89 bits per heavy atom. The third kappa shape index (κ3) is 6.33. The molecule has 0 aliphatic rings. The van der Waals surface area contributed by atoms with Crippen LogP contribution in [-0.2, 0) is 17.5 Å². The second kappa shape index (κ2) is 9.48. The number of benzene rings is 2. The molecule has 0 radical (unpaired) electrons. The van der Waals surface area contributed by atoms with Crippen molar-refractivity contribution < 1.29 is 27.4 Å². The van der Waals surface area contributed by atoms with Gasteiger partial charge in [-0.2, -0.15) is 13.2 Å². The number of ether oxygens (including phenoxy) is 2. The van der Waals surface area contributed by atoms with Gasteiger partial charge in [-0.05, 0) is 29.8 Å². The van der Waals surface area contributed by atoms with E-state index < -0.39 is 17.8 Å². The molecule has 2 N–H and O–H groups in total. The molecule has 0 saturated carbocycles. The molecule has 2 amide bonds. The van der Waals surface area contributed by atoms with Gasteiger partial charge < -0.3 is 20.1 Å². The van der Waals surface area contributed by atoms with Crippen LogP contribution < -0.4 is 15.4 Å². The number of carbonyl (C=O) groups is 1. The third-order valence-electron chi connectivity index (χ3n) is 3.46. The highest BCUT2D eigenvalue weighted by atomic mass is 35.5. The number of anilines is 1. The molecule has 2 aromatic carbocycles. The molecular weight excluding hydrogens is 385 g/mol. The van der Waals surface area contributed by atoms with E-state index in [0.29, 0.717) is 22.9 Å². The number of hydrogen-bond donors (Lipinski definition) is 2. The van der Waals surface area contributed by atoms with E-state index in [-0.39, 0.29) is 18.9 Å². The number of hydrogen-bond acceptors (Lipinski definition) is 3. The Morgan fingerprint density at radius 1 is 1.15 bits per heavy atom. The lowest BCUT2D eigenvalue weighted by Crippen LogP contribution is -2.28. The minimum absolute atomic E-state index is 0.0732. The summed E-state index contributed by atoms with van der Waals surface area (Å²) in [6.45, 7) is 0.503. The monoisotopic (exact) mass is 402 g/mol. The van der Waals surface area contributed by atoms with Crippen LogP contribution in [0.1, 0.15) is 11.1 Å². The number of halogens is 4. The summed E-state index contributed by atoms with van der Waals surface area (Å²) >= 11 is 6.08. The van der Waals surface area contributed by atoms with Gasteiger partial charge in [-0.1, -0.05) is 29.8 Å². The van der Waals surface area contributed by atoms with Crippen LogP contribution >= 0.6 is 11.6 Å². The second-order valence-corrected chi connectivity index (χ2v) is 5.87. The highest BCUT2D eigenvalue weighted by Gasteiger charge is 2.30. The lowest BCUT2D eigenvalue weighted by atomic mass is 10.1. The molecule has 0 fully saturated rings. The number of urea groups is 1. The van der Waals surface area contributed by atoms with Crippen molar-refractivity contribution in [2.75, 3.05) is 25.6 Å². The van der Waals surface area contributed by atoms with E-state index >= 15 is 0 Å². The summed E-state index contributed by atoms with van der Waals surface area (Å²) in [6.07, 6.45) is -4.44. The predicted molar refractivity (Wildman–Crippen MR) is 96.1 cm³/mol. The average Bonchev–Trinajstić information content (AvgIpc) is 2.62. The van der Waals surface area contributed by atoms with Gasteiger partial charge in [-0.3, -0.25) is 0 Å². The lowest BCUT2D eigenvalue weighted by Gasteiger charge is -2.14. The Morgan fingerprint density at radius 3 is 2.59 bits per heavy atom. The Kier molecular flexibility index (Phi) is 7.32. The summed E-state index contributed by atoms with van der Waals surface area (Å²) < 4.78 is 48.6. The maximum atomic E-state index is 12.7. The van der Waals surface area contributed by atoms with Crippen LogP contribution in [0.25, 0.3) is 0 Å². The molecule has 0 atom stereocenters. The Balaban J connectivity index is 1.99. The lowest BCUT2D eigenvalue weighted by molar-refractivity contribution is -0.137. The predicted octanol–water partition coefficient (Wildman–Crippen LogP) is 4.71. The molecule has 0 aromatic heterocycles. The van der Waals surface area contributed by atoms with Gasteiger partial charge >= 0.3 is 12.2 Å². The maximum Gasteiger partial charge on any atom is 0.416 e. The van der Waals surface area contributed by atoms with Crippen molar-refractivity contribution in [3.63, 3.8) is 0 Å². The van der Waals surface area contributed by atoms with Gasteiger partial charge in [0.1, 0.15) is 6.61 Å². The molecule has 0 bridgehead atoms. The SMILES string of the molecule is COCCOc1c(Cl)cccc1NC(=O)NCc1cccc(C(F)(F)F)c1. The van der Waals surface area contributed by atoms with Crippen LogP contribution in [-0.4, -0.2) is 26.4 Å². The van der Waals surface area contributed by atoms with Crippen LogP contribution in [0, 0.1) is 0 Å². The van der Waals surface area contributed by atoms with E-state index in [2.05, 4.69) is 10.6 Å². The first-order chi connectivity index (χ1) is 12.8.